The van der Waals surface area contributed by atoms with E-state index >= 15 is 0 Å². The molecular formula is C19H22N2O2. The first kappa shape index (κ1) is 15.5. The predicted octanol–water partition coefficient (Wildman–Crippen LogP) is 3.44. The molecule has 1 aromatic heterocycles. The van der Waals surface area contributed by atoms with E-state index in [9.17, 15) is 4.79 Å². The van der Waals surface area contributed by atoms with Crippen molar-refractivity contribution >= 4 is 5.91 Å². The Morgan fingerprint density at radius 3 is 2.52 bits per heavy atom. The molecule has 120 valence electrons. The number of nitrogens with zero attached hydrogens (tertiary/aromatic N) is 2. The van der Waals surface area contributed by atoms with Crippen LogP contribution in [0.5, 0.6) is 5.75 Å². The van der Waals surface area contributed by atoms with E-state index in [1.807, 2.05) is 54.4 Å². The average Bonchev–Trinajstić information content (AvgIpc) is 3.45. The van der Waals surface area contributed by atoms with Gasteiger partial charge in [-0.1, -0.05) is 18.2 Å². The Kier molecular flexibility index (Phi) is 4.60. The molecule has 1 heterocycles. The second-order valence-electron chi connectivity index (χ2n) is 5.86. The Balaban J connectivity index is 1.99. The van der Waals surface area contributed by atoms with Gasteiger partial charge in [-0.15, -0.1) is 0 Å². The van der Waals surface area contributed by atoms with Gasteiger partial charge in [0, 0.05) is 24.9 Å². The summed E-state index contributed by atoms with van der Waals surface area (Å²) in [5.41, 5.74) is 2.11. The summed E-state index contributed by atoms with van der Waals surface area (Å²) in [5.74, 6) is 1.26. The molecule has 1 aliphatic rings. The van der Waals surface area contributed by atoms with Gasteiger partial charge in [0.15, 0.2) is 0 Å². The van der Waals surface area contributed by atoms with Crippen molar-refractivity contribution in [2.45, 2.75) is 25.8 Å². The third-order valence-corrected chi connectivity index (χ3v) is 4.29. The van der Waals surface area contributed by atoms with Crippen molar-refractivity contribution in [3.63, 3.8) is 0 Å². The molecule has 3 rings (SSSR count). The lowest BCUT2D eigenvalue weighted by Gasteiger charge is -2.32. The summed E-state index contributed by atoms with van der Waals surface area (Å²) in [6, 6.07) is 11.8. The fraction of sp³-hybridized carbons (Fsp3) is 0.368. The number of aromatic nitrogens is 1. The van der Waals surface area contributed by atoms with E-state index in [1.54, 1.807) is 13.3 Å². The zero-order chi connectivity index (χ0) is 16.2. The molecule has 1 saturated carbocycles. The second kappa shape index (κ2) is 6.82. The van der Waals surface area contributed by atoms with Gasteiger partial charge in [0.1, 0.15) is 5.75 Å². The molecule has 0 radical (unpaired) electrons. The summed E-state index contributed by atoms with van der Waals surface area (Å²) in [4.78, 5) is 18.9. The standard InChI is InChI=1S/C19H22N2O2/c1-3-21(19(22)15-6-7-15)18(16-5-4-12-20-13-16)14-8-10-17(23-2)11-9-14/h4-5,8-13,15,18H,3,6-7H2,1-2H3/t18-/m1/s1. The van der Waals surface area contributed by atoms with Crippen LogP contribution in [0.1, 0.15) is 36.9 Å². The highest BCUT2D eigenvalue weighted by molar-refractivity contribution is 5.82. The van der Waals surface area contributed by atoms with Gasteiger partial charge in [0.2, 0.25) is 5.91 Å². The van der Waals surface area contributed by atoms with Crippen molar-refractivity contribution in [3.05, 3.63) is 59.9 Å². The Morgan fingerprint density at radius 2 is 2.00 bits per heavy atom. The summed E-state index contributed by atoms with van der Waals surface area (Å²) in [7, 11) is 1.66. The lowest BCUT2D eigenvalue weighted by molar-refractivity contribution is -0.134. The van der Waals surface area contributed by atoms with Crippen LogP contribution in [0.4, 0.5) is 0 Å². The molecule has 0 saturated heterocycles. The number of benzene rings is 1. The summed E-state index contributed by atoms with van der Waals surface area (Å²) in [5, 5.41) is 0. The van der Waals surface area contributed by atoms with Crippen molar-refractivity contribution in [1.82, 2.24) is 9.88 Å². The van der Waals surface area contributed by atoms with E-state index < -0.39 is 0 Å². The van der Waals surface area contributed by atoms with Crippen LogP contribution in [0.2, 0.25) is 0 Å². The molecule has 4 nitrogen and oxygen atoms in total. The first-order valence-electron chi connectivity index (χ1n) is 8.09. The maximum atomic E-state index is 12.7. The number of pyridine rings is 1. The smallest absolute Gasteiger partial charge is 0.226 e. The van der Waals surface area contributed by atoms with Crippen LogP contribution in [0.3, 0.4) is 0 Å². The number of ether oxygens (including phenoxy) is 1. The van der Waals surface area contributed by atoms with Gasteiger partial charge >= 0.3 is 0 Å². The van der Waals surface area contributed by atoms with E-state index in [-0.39, 0.29) is 17.9 Å². The largest absolute Gasteiger partial charge is 0.497 e. The highest BCUT2D eigenvalue weighted by Gasteiger charge is 2.36. The van der Waals surface area contributed by atoms with E-state index in [0.717, 1.165) is 29.7 Å². The van der Waals surface area contributed by atoms with Crippen LogP contribution < -0.4 is 4.74 Å². The van der Waals surface area contributed by atoms with Crippen molar-refractivity contribution in [1.29, 1.82) is 0 Å². The third-order valence-electron chi connectivity index (χ3n) is 4.29. The van der Waals surface area contributed by atoms with Crippen LogP contribution in [0, 0.1) is 5.92 Å². The summed E-state index contributed by atoms with van der Waals surface area (Å²) in [6.45, 7) is 2.72. The van der Waals surface area contributed by atoms with E-state index in [2.05, 4.69) is 4.98 Å². The zero-order valence-corrected chi connectivity index (χ0v) is 13.6. The predicted molar refractivity (Wildman–Crippen MR) is 89.2 cm³/mol. The Hall–Kier alpha value is -2.36. The van der Waals surface area contributed by atoms with Gasteiger partial charge < -0.3 is 9.64 Å². The lowest BCUT2D eigenvalue weighted by atomic mass is 9.97. The fourth-order valence-electron chi connectivity index (χ4n) is 2.91. The highest BCUT2D eigenvalue weighted by Crippen LogP contribution is 2.36. The first-order chi connectivity index (χ1) is 11.2. The molecule has 0 N–H and O–H groups in total. The third kappa shape index (κ3) is 3.36. The monoisotopic (exact) mass is 310 g/mol. The zero-order valence-electron chi connectivity index (χ0n) is 13.6. The maximum absolute atomic E-state index is 12.7. The number of carbonyl (C=O) groups excluding carboxylic acids is 1. The Morgan fingerprint density at radius 1 is 1.26 bits per heavy atom. The van der Waals surface area contributed by atoms with Gasteiger partial charge in [-0.2, -0.15) is 0 Å². The van der Waals surface area contributed by atoms with Crippen molar-refractivity contribution in [3.8, 4) is 5.75 Å². The summed E-state index contributed by atoms with van der Waals surface area (Å²) in [6.07, 6.45) is 5.63. The van der Waals surface area contributed by atoms with Crippen LogP contribution in [-0.4, -0.2) is 29.4 Å². The minimum absolute atomic E-state index is 0.104. The minimum atomic E-state index is -0.104. The molecule has 4 heteroatoms. The molecule has 23 heavy (non-hydrogen) atoms. The SMILES string of the molecule is CCN(C(=O)C1CC1)[C@H](c1ccc(OC)cc1)c1cccnc1. The second-order valence-corrected chi connectivity index (χ2v) is 5.86. The van der Waals surface area contributed by atoms with Crippen molar-refractivity contribution in [2.24, 2.45) is 5.92 Å². The molecule has 1 aromatic carbocycles. The van der Waals surface area contributed by atoms with Crippen LogP contribution in [0.15, 0.2) is 48.8 Å². The van der Waals surface area contributed by atoms with Gasteiger partial charge in [-0.25, -0.2) is 0 Å². The number of hydrogen-bond donors (Lipinski definition) is 0. The molecule has 0 spiro atoms. The first-order valence-corrected chi connectivity index (χ1v) is 8.09. The average molecular weight is 310 g/mol. The lowest BCUT2D eigenvalue weighted by Crippen LogP contribution is -2.36. The molecule has 1 atom stereocenters. The van der Waals surface area contributed by atoms with Gasteiger partial charge in [0.25, 0.3) is 0 Å². The van der Waals surface area contributed by atoms with Crippen LogP contribution >= 0.6 is 0 Å². The summed E-state index contributed by atoms with van der Waals surface area (Å²) >= 11 is 0. The number of methoxy groups -OCH3 is 1. The molecule has 0 aliphatic heterocycles. The van der Waals surface area contributed by atoms with Crippen molar-refractivity contribution in [2.75, 3.05) is 13.7 Å². The number of hydrogen-bond acceptors (Lipinski definition) is 3. The van der Waals surface area contributed by atoms with Gasteiger partial charge in [-0.3, -0.25) is 9.78 Å². The molecule has 1 fully saturated rings. The van der Waals surface area contributed by atoms with Gasteiger partial charge in [0.05, 0.1) is 13.2 Å². The van der Waals surface area contributed by atoms with Gasteiger partial charge in [-0.05, 0) is 49.1 Å². The number of rotatable bonds is 6. The minimum Gasteiger partial charge on any atom is -0.497 e. The quantitative estimate of drug-likeness (QED) is 0.821. The van der Waals surface area contributed by atoms with Crippen molar-refractivity contribution < 1.29 is 9.53 Å². The van der Waals surface area contributed by atoms with Crippen LogP contribution in [-0.2, 0) is 4.79 Å². The normalized spacial score (nSPS) is 15.0. The molecule has 0 unspecified atom stereocenters. The number of carbonyl (C=O) groups is 1. The Bertz CT molecular complexity index is 651. The molecule has 1 aliphatic carbocycles. The molecule has 0 bridgehead atoms. The topological polar surface area (TPSA) is 42.4 Å². The van der Waals surface area contributed by atoms with E-state index in [1.165, 1.54) is 0 Å². The summed E-state index contributed by atoms with van der Waals surface area (Å²) < 4.78 is 5.24. The molecule has 2 aromatic rings. The molecule has 1 amide bonds. The number of amides is 1. The molecular weight excluding hydrogens is 288 g/mol. The fourth-order valence-corrected chi connectivity index (χ4v) is 2.91. The Labute approximate surface area is 137 Å². The highest BCUT2D eigenvalue weighted by atomic mass is 16.5. The maximum Gasteiger partial charge on any atom is 0.226 e. The van der Waals surface area contributed by atoms with E-state index in [0.29, 0.717) is 6.54 Å². The van der Waals surface area contributed by atoms with E-state index in [4.69, 9.17) is 4.74 Å². The van der Waals surface area contributed by atoms with Crippen LogP contribution in [0.25, 0.3) is 0 Å².